The van der Waals surface area contributed by atoms with Crippen molar-refractivity contribution >= 4 is 5.71 Å². The van der Waals surface area contributed by atoms with Gasteiger partial charge in [0.05, 0.1) is 18.8 Å². The number of allylic oxidation sites excluding steroid dienone is 4. The molecule has 2 fully saturated rings. The SMILES string of the molecule is CC(C)=N[C@@H](C)[C@H]1[C@H](O)C[C@@]2(C)[C@H]3CC[C@@H]4C(=CC3=CC[C@]12C)CC[C@H](N(C)C)[C@]4(C)CO. The maximum atomic E-state index is 11.4. The van der Waals surface area contributed by atoms with Crippen molar-refractivity contribution in [1.29, 1.82) is 0 Å². The summed E-state index contributed by atoms with van der Waals surface area (Å²) >= 11 is 0. The van der Waals surface area contributed by atoms with Gasteiger partial charge >= 0.3 is 0 Å². The minimum Gasteiger partial charge on any atom is -0.396 e. The van der Waals surface area contributed by atoms with Gasteiger partial charge in [-0.2, -0.15) is 0 Å². The van der Waals surface area contributed by atoms with Crippen LogP contribution in [0.2, 0.25) is 0 Å². The Kier molecular flexibility index (Phi) is 6.55. The van der Waals surface area contributed by atoms with Crippen LogP contribution in [0.3, 0.4) is 0 Å². The van der Waals surface area contributed by atoms with E-state index in [1.54, 1.807) is 5.57 Å². The molecule has 2 saturated carbocycles. The van der Waals surface area contributed by atoms with E-state index in [0.29, 0.717) is 17.9 Å². The van der Waals surface area contributed by atoms with Crippen molar-refractivity contribution in [3.8, 4) is 0 Å². The maximum absolute atomic E-state index is 11.4. The quantitative estimate of drug-likeness (QED) is 0.568. The maximum Gasteiger partial charge on any atom is 0.0599 e. The Bertz CT molecular complexity index is 856. The van der Waals surface area contributed by atoms with E-state index in [9.17, 15) is 10.2 Å². The van der Waals surface area contributed by atoms with E-state index >= 15 is 0 Å². The van der Waals surface area contributed by atoms with Crippen molar-refractivity contribution < 1.29 is 10.2 Å². The first-order valence-electron chi connectivity index (χ1n) is 13.3. The van der Waals surface area contributed by atoms with Crippen molar-refractivity contribution in [2.75, 3.05) is 20.7 Å². The Morgan fingerprint density at radius 1 is 1.12 bits per heavy atom. The number of rotatable bonds is 4. The fourth-order valence-corrected chi connectivity index (χ4v) is 9.10. The second kappa shape index (κ2) is 8.60. The molecule has 4 aliphatic carbocycles. The number of hydrogen-bond donors (Lipinski definition) is 2. The number of hydrogen-bond acceptors (Lipinski definition) is 4. The zero-order valence-corrected chi connectivity index (χ0v) is 22.4. The molecule has 0 unspecified atom stereocenters. The van der Waals surface area contributed by atoms with Gasteiger partial charge in [0, 0.05) is 23.1 Å². The van der Waals surface area contributed by atoms with Crippen LogP contribution in [0.25, 0.3) is 0 Å². The summed E-state index contributed by atoms with van der Waals surface area (Å²) in [4.78, 5) is 7.24. The Morgan fingerprint density at radius 3 is 2.39 bits per heavy atom. The predicted molar refractivity (Wildman–Crippen MR) is 137 cm³/mol. The zero-order valence-electron chi connectivity index (χ0n) is 22.4. The highest BCUT2D eigenvalue weighted by Crippen LogP contribution is 2.68. The first kappa shape index (κ1) is 25.1. The molecular weight excluding hydrogens is 408 g/mol. The van der Waals surface area contributed by atoms with Crippen LogP contribution in [0.5, 0.6) is 0 Å². The summed E-state index contributed by atoms with van der Waals surface area (Å²) in [6.07, 6.45) is 11.1. The monoisotopic (exact) mass is 456 g/mol. The van der Waals surface area contributed by atoms with Crippen LogP contribution in [0.4, 0.5) is 0 Å². The van der Waals surface area contributed by atoms with Crippen molar-refractivity contribution in [3.05, 3.63) is 23.3 Å². The lowest BCUT2D eigenvalue weighted by Gasteiger charge is -2.53. The summed E-state index contributed by atoms with van der Waals surface area (Å²) in [5.74, 6) is 1.08. The molecule has 186 valence electrons. The van der Waals surface area contributed by atoms with Crippen molar-refractivity contribution in [3.63, 3.8) is 0 Å². The van der Waals surface area contributed by atoms with Crippen LogP contribution in [-0.4, -0.2) is 59.7 Å². The van der Waals surface area contributed by atoms with Crippen LogP contribution in [-0.2, 0) is 0 Å². The summed E-state index contributed by atoms with van der Waals surface area (Å²) in [5, 5.41) is 22.0. The molecule has 4 rings (SSSR count). The van der Waals surface area contributed by atoms with E-state index in [0.717, 1.165) is 44.2 Å². The predicted octanol–water partition coefficient (Wildman–Crippen LogP) is 5.25. The standard InChI is InChI=1S/C29H48N2O2/c1-18(2)30-19(3)26-24(33)16-29(6)23-11-10-22-20(15-21(23)13-14-28(26,29)5)9-12-25(31(7)8)27(22,4)17-32/h13,15,19,22-26,32-33H,9-12,14,16-17H2,1-8H3/t19-,22+,23-,24+,25-,26-,27+,28+,29-/m0/s1. The second-order valence-corrected chi connectivity index (χ2v) is 12.9. The fourth-order valence-electron chi connectivity index (χ4n) is 9.10. The van der Waals surface area contributed by atoms with Crippen LogP contribution < -0.4 is 0 Å². The molecule has 0 amide bonds. The van der Waals surface area contributed by atoms with Crippen LogP contribution >= 0.6 is 0 Å². The third kappa shape index (κ3) is 3.70. The molecule has 4 nitrogen and oxygen atoms in total. The molecule has 4 aliphatic rings. The highest BCUT2D eigenvalue weighted by Gasteiger charge is 2.64. The normalized spacial score (nSPS) is 45.8. The summed E-state index contributed by atoms with van der Waals surface area (Å²) < 4.78 is 0. The number of aliphatic imine (C=N–C) groups is 1. The molecule has 0 saturated heterocycles. The molecule has 2 N–H and O–H groups in total. The number of nitrogens with zero attached hydrogens (tertiary/aromatic N) is 2. The average Bonchev–Trinajstić information content (AvgIpc) is 2.83. The van der Waals surface area contributed by atoms with E-state index in [4.69, 9.17) is 4.99 Å². The van der Waals surface area contributed by atoms with E-state index in [1.807, 2.05) is 0 Å². The molecule has 4 heteroatoms. The Balaban J connectivity index is 1.71. The smallest absolute Gasteiger partial charge is 0.0599 e. The highest BCUT2D eigenvalue weighted by molar-refractivity contribution is 5.79. The largest absolute Gasteiger partial charge is 0.396 e. The van der Waals surface area contributed by atoms with Gasteiger partial charge in [-0.3, -0.25) is 4.99 Å². The summed E-state index contributed by atoms with van der Waals surface area (Å²) in [5.41, 5.74) is 4.16. The first-order chi connectivity index (χ1) is 15.4. The Morgan fingerprint density at radius 2 is 1.79 bits per heavy atom. The van der Waals surface area contributed by atoms with Gasteiger partial charge in [-0.25, -0.2) is 0 Å². The van der Waals surface area contributed by atoms with E-state index < -0.39 is 0 Å². The Labute approximate surface area is 202 Å². The minimum atomic E-state index is -0.301. The molecule has 0 aromatic rings. The third-order valence-electron chi connectivity index (χ3n) is 10.8. The van der Waals surface area contributed by atoms with E-state index in [2.05, 4.69) is 72.7 Å². The van der Waals surface area contributed by atoms with Gasteiger partial charge in [-0.15, -0.1) is 0 Å². The second-order valence-electron chi connectivity index (χ2n) is 12.9. The summed E-state index contributed by atoms with van der Waals surface area (Å²) in [6, 6.07) is 0.547. The molecular formula is C29H48N2O2. The highest BCUT2D eigenvalue weighted by atomic mass is 16.3. The fraction of sp³-hybridized carbons (Fsp3) is 0.828. The summed E-state index contributed by atoms with van der Waals surface area (Å²) in [6.45, 7) is 13.8. The summed E-state index contributed by atoms with van der Waals surface area (Å²) in [7, 11) is 4.33. The van der Waals surface area contributed by atoms with Gasteiger partial charge in [0.1, 0.15) is 0 Å². The third-order valence-corrected chi connectivity index (χ3v) is 10.8. The number of aliphatic hydroxyl groups excluding tert-OH is 2. The lowest BCUT2D eigenvalue weighted by Crippen LogP contribution is -2.52. The molecule has 0 aromatic heterocycles. The zero-order chi connectivity index (χ0) is 24.3. The molecule has 0 bridgehead atoms. The molecule has 0 heterocycles. The van der Waals surface area contributed by atoms with Crippen molar-refractivity contribution in [1.82, 2.24) is 4.90 Å². The lowest BCUT2D eigenvalue weighted by molar-refractivity contribution is -0.0210. The van der Waals surface area contributed by atoms with Crippen molar-refractivity contribution in [2.45, 2.75) is 98.3 Å². The molecule has 0 aromatic carbocycles. The van der Waals surface area contributed by atoms with E-state index in [1.165, 1.54) is 5.57 Å². The van der Waals surface area contributed by atoms with Gasteiger partial charge in [-0.1, -0.05) is 38.5 Å². The van der Waals surface area contributed by atoms with Crippen LogP contribution in [0.15, 0.2) is 28.3 Å². The molecule has 0 spiro atoms. The Hall–Kier alpha value is -0.970. The van der Waals surface area contributed by atoms with Gasteiger partial charge in [-0.05, 0) is 102 Å². The van der Waals surface area contributed by atoms with Gasteiger partial charge in [0.15, 0.2) is 0 Å². The first-order valence-corrected chi connectivity index (χ1v) is 13.3. The number of aliphatic hydroxyl groups is 2. The lowest BCUT2D eigenvalue weighted by atomic mass is 9.51. The van der Waals surface area contributed by atoms with Crippen LogP contribution in [0.1, 0.15) is 80.1 Å². The van der Waals surface area contributed by atoms with Crippen molar-refractivity contribution in [2.24, 2.45) is 39.0 Å². The topological polar surface area (TPSA) is 56.1 Å². The average molecular weight is 457 g/mol. The van der Waals surface area contributed by atoms with Crippen LogP contribution in [0, 0.1) is 34.0 Å². The minimum absolute atomic E-state index is 0.0411. The molecule has 0 aliphatic heterocycles. The molecule has 33 heavy (non-hydrogen) atoms. The van der Waals surface area contributed by atoms with Gasteiger partial charge < -0.3 is 15.1 Å². The molecule has 9 atom stereocenters. The van der Waals surface area contributed by atoms with Gasteiger partial charge in [0.25, 0.3) is 0 Å². The van der Waals surface area contributed by atoms with E-state index in [-0.39, 0.29) is 40.9 Å². The molecule has 0 radical (unpaired) electrons. The van der Waals surface area contributed by atoms with Gasteiger partial charge in [0.2, 0.25) is 0 Å². The number of fused-ring (bicyclic) bond motifs is 4.